The van der Waals surface area contributed by atoms with E-state index in [1.54, 1.807) is 0 Å². The van der Waals surface area contributed by atoms with Crippen molar-refractivity contribution in [3.63, 3.8) is 0 Å². The van der Waals surface area contributed by atoms with Crippen molar-refractivity contribution in [1.29, 1.82) is 0 Å². The van der Waals surface area contributed by atoms with Crippen LogP contribution in [0.3, 0.4) is 0 Å². The highest BCUT2D eigenvalue weighted by molar-refractivity contribution is 5.79. The molecule has 5 heteroatoms. The Balaban J connectivity index is 2.42. The van der Waals surface area contributed by atoms with Crippen molar-refractivity contribution in [3.8, 4) is 0 Å². The van der Waals surface area contributed by atoms with E-state index in [0.29, 0.717) is 13.1 Å². The van der Waals surface area contributed by atoms with Crippen molar-refractivity contribution in [2.24, 2.45) is 0 Å². The van der Waals surface area contributed by atoms with Gasteiger partial charge in [-0.1, -0.05) is 0 Å². The summed E-state index contributed by atoms with van der Waals surface area (Å²) in [5, 5.41) is 3.94. The number of hydroxylamine groups is 2. The van der Waals surface area contributed by atoms with Gasteiger partial charge in [-0.15, -0.1) is 0 Å². The Hall–Kier alpha value is -1.10. The van der Waals surface area contributed by atoms with Gasteiger partial charge in [0.2, 0.25) is 0 Å². The number of carbonyl (C=O) groups is 2. The van der Waals surface area contributed by atoms with Gasteiger partial charge in [-0.2, -0.15) is 5.06 Å². The highest BCUT2D eigenvalue weighted by Crippen LogP contribution is 1.95. The van der Waals surface area contributed by atoms with Crippen LogP contribution in [0.15, 0.2) is 0 Å². The third-order valence-electron chi connectivity index (χ3n) is 1.28. The largest absolute Gasteiger partial charge is 0.338 e. The lowest BCUT2D eigenvalue weighted by molar-refractivity contribution is -0.198. The first-order chi connectivity index (χ1) is 5.20. The van der Waals surface area contributed by atoms with Gasteiger partial charge in [0.1, 0.15) is 0 Å². The lowest BCUT2D eigenvalue weighted by atomic mass is 10.4. The molecule has 0 aliphatic carbocycles. The molecule has 1 aliphatic rings. The smallest absolute Gasteiger partial charge is 0.329 e. The van der Waals surface area contributed by atoms with Crippen LogP contribution in [0.5, 0.6) is 0 Å². The second-order valence-electron chi connectivity index (χ2n) is 2.26. The zero-order chi connectivity index (χ0) is 8.27. The number of rotatable bonds is 1. The summed E-state index contributed by atoms with van der Waals surface area (Å²) in [4.78, 5) is 25.9. The molecule has 1 heterocycles. The number of piperazine rings is 1. The van der Waals surface area contributed by atoms with Crippen molar-refractivity contribution in [2.45, 2.75) is 6.92 Å². The molecule has 1 amide bonds. The predicted octanol–water partition coefficient (Wildman–Crippen LogP) is -1.10. The number of hydrogen-bond donors (Lipinski definition) is 1. The van der Waals surface area contributed by atoms with Crippen LogP contribution in [-0.4, -0.2) is 36.6 Å². The molecule has 0 unspecified atom stereocenters. The van der Waals surface area contributed by atoms with Crippen LogP contribution in [0, 0.1) is 0 Å². The summed E-state index contributed by atoms with van der Waals surface area (Å²) in [5.41, 5.74) is 0. The maximum Gasteiger partial charge on any atom is 0.329 e. The molecule has 0 aromatic carbocycles. The van der Waals surface area contributed by atoms with Crippen LogP contribution in [0.2, 0.25) is 0 Å². The summed E-state index contributed by atoms with van der Waals surface area (Å²) in [5.74, 6) is -0.660. The summed E-state index contributed by atoms with van der Waals surface area (Å²) in [7, 11) is 0. The molecule has 1 aliphatic heterocycles. The molecule has 0 spiro atoms. The van der Waals surface area contributed by atoms with Gasteiger partial charge in [0, 0.05) is 13.5 Å². The summed E-state index contributed by atoms with van der Waals surface area (Å²) >= 11 is 0. The Morgan fingerprint density at radius 3 is 3.00 bits per heavy atom. The molecule has 0 bridgehead atoms. The lowest BCUT2D eigenvalue weighted by Gasteiger charge is -2.24. The molecule has 1 rings (SSSR count). The first-order valence-corrected chi connectivity index (χ1v) is 3.40. The van der Waals surface area contributed by atoms with Gasteiger partial charge in [0.15, 0.2) is 0 Å². The molecular formula is C6H10N2O3. The fourth-order valence-corrected chi connectivity index (χ4v) is 0.841. The molecular weight excluding hydrogens is 148 g/mol. The van der Waals surface area contributed by atoms with Crippen LogP contribution < -0.4 is 5.32 Å². The molecule has 1 saturated heterocycles. The molecule has 0 aromatic rings. The minimum absolute atomic E-state index is 0.202. The molecule has 0 radical (unpaired) electrons. The SMILES string of the molecule is CC(=O)ON1CCNCC1=O. The molecule has 5 nitrogen and oxygen atoms in total. The van der Waals surface area contributed by atoms with Gasteiger partial charge in [-0.3, -0.25) is 9.59 Å². The Kier molecular flexibility index (Phi) is 2.43. The van der Waals surface area contributed by atoms with Crippen LogP contribution in [0.4, 0.5) is 0 Å². The predicted molar refractivity (Wildman–Crippen MR) is 36.3 cm³/mol. The Morgan fingerprint density at radius 2 is 2.45 bits per heavy atom. The molecule has 1 fully saturated rings. The average Bonchev–Trinajstić information content (AvgIpc) is 1.93. The van der Waals surface area contributed by atoms with Gasteiger partial charge >= 0.3 is 5.97 Å². The van der Waals surface area contributed by atoms with Crippen LogP contribution in [0.1, 0.15) is 6.92 Å². The highest BCUT2D eigenvalue weighted by atomic mass is 16.7. The van der Waals surface area contributed by atoms with E-state index in [4.69, 9.17) is 0 Å². The normalized spacial score (nSPS) is 18.3. The van der Waals surface area contributed by atoms with Crippen molar-refractivity contribution in [1.82, 2.24) is 10.4 Å². The molecule has 0 aromatic heterocycles. The monoisotopic (exact) mass is 158 g/mol. The topological polar surface area (TPSA) is 58.6 Å². The Bertz CT molecular complexity index is 181. The molecule has 0 atom stereocenters. The van der Waals surface area contributed by atoms with Gasteiger partial charge in [0.25, 0.3) is 5.91 Å². The summed E-state index contributed by atoms with van der Waals surface area (Å²) in [6.07, 6.45) is 0. The minimum Gasteiger partial charge on any atom is -0.338 e. The van der Waals surface area contributed by atoms with E-state index in [0.717, 1.165) is 5.06 Å². The molecule has 11 heavy (non-hydrogen) atoms. The third kappa shape index (κ3) is 2.19. The fraction of sp³-hybridized carbons (Fsp3) is 0.667. The fourth-order valence-electron chi connectivity index (χ4n) is 0.841. The van der Waals surface area contributed by atoms with E-state index in [2.05, 4.69) is 10.2 Å². The van der Waals surface area contributed by atoms with Crippen molar-refractivity contribution >= 4 is 11.9 Å². The maximum atomic E-state index is 10.9. The summed E-state index contributed by atoms with van der Waals surface area (Å²) in [6.45, 7) is 2.61. The highest BCUT2D eigenvalue weighted by Gasteiger charge is 2.19. The quantitative estimate of drug-likeness (QED) is 0.526. The Labute approximate surface area is 64.3 Å². The Morgan fingerprint density at radius 1 is 1.73 bits per heavy atom. The first-order valence-electron chi connectivity index (χ1n) is 3.40. The molecule has 1 N–H and O–H groups in total. The summed E-state index contributed by atoms with van der Waals surface area (Å²) < 4.78 is 0. The zero-order valence-corrected chi connectivity index (χ0v) is 6.29. The number of carbonyl (C=O) groups excluding carboxylic acids is 2. The van der Waals surface area contributed by atoms with E-state index >= 15 is 0 Å². The second kappa shape index (κ2) is 3.34. The molecule has 0 saturated carbocycles. The van der Waals surface area contributed by atoms with Gasteiger partial charge in [-0.25, -0.2) is 0 Å². The standard InChI is InChI=1S/C6H10N2O3/c1-5(9)11-8-3-2-7-4-6(8)10/h7H,2-4H2,1H3. The van der Waals surface area contributed by atoms with Crippen LogP contribution >= 0.6 is 0 Å². The van der Waals surface area contributed by atoms with Crippen molar-refractivity contribution < 1.29 is 14.4 Å². The second-order valence-corrected chi connectivity index (χ2v) is 2.26. The molecule has 62 valence electrons. The number of amides is 1. The van der Waals surface area contributed by atoms with E-state index in [-0.39, 0.29) is 12.5 Å². The number of nitrogens with one attached hydrogen (secondary N) is 1. The zero-order valence-electron chi connectivity index (χ0n) is 6.29. The van der Waals surface area contributed by atoms with Crippen LogP contribution in [0.25, 0.3) is 0 Å². The summed E-state index contributed by atoms with van der Waals surface area (Å²) in [6, 6.07) is 0. The minimum atomic E-state index is -0.458. The van der Waals surface area contributed by atoms with E-state index in [9.17, 15) is 9.59 Å². The van der Waals surface area contributed by atoms with Gasteiger partial charge in [-0.05, 0) is 0 Å². The average molecular weight is 158 g/mol. The lowest BCUT2D eigenvalue weighted by Crippen LogP contribution is -2.48. The van der Waals surface area contributed by atoms with Crippen molar-refractivity contribution in [3.05, 3.63) is 0 Å². The first kappa shape index (κ1) is 8.00. The van der Waals surface area contributed by atoms with E-state index in [1.807, 2.05) is 0 Å². The maximum absolute atomic E-state index is 10.9. The number of nitrogens with zero attached hydrogens (tertiary/aromatic N) is 1. The van der Waals surface area contributed by atoms with Crippen molar-refractivity contribution in [2.75, 3.05) is 19.6 Å². The number of hydrogen-bond acceptors (Lipinski definition) is 4. The van der Waals surface area contributed by atoms with Gasteiger partial charge < -0.3 is 10.2 Å². The van der Waals surface area contributed by atoms with Gasteiger partial charge in [0.05, 0.1) is 13.1 Å². The van der Waals surface area contributed by atoms with E-state index < -0.39 is 5.97 Å². The third-order valence-corrected chi connectivity index (χ3v) is 1.28. The van der Waals surface area contributed by atoms with E-state index in [1.165, 1.54) is 6.92 Å². The van der Waals surface area contributed by atoms with Crippen LogP contribution in [-0.2, 0) is 14.4 Å².